The molecule has 0 saturated carbocycles. The highest BCUT2D eigenvalue weighted by Crippen LogP contribution is 2.34. The average molecular weight is 420 g/mol. The molecule has 1 atom stereocenters. The van der Waals surface area contributed by atoms with Crippen molar-refractivity contribution in [1.29, 1.82) is 0 Å². The van der Waals surface area contributed by atoms with Gasteiger partial charge >= 0.3 is 0 Å². The first-order valence-electron chi connectivity index (χ1n) is 8.93. The summed E-state index contributed by atoms with van der Waals surface area (Å²) in [4.78, 5) is 27.5. The lowest BCUT2D eigenvalue weighted by atomic mass is 10.0. The van der Waals surface area contributed by atoms with Crippen LogP contribution in [-0.4, -0.2) is 54.2 Å². The largest absolute Gasteiger partial charge is 0.383 e. The van der Waals surface area contributed by atoms with Crippen LogP contribution in [0.4, 0.5) is 0 Å². The highest BCUT2D eigenvalue weighted by molar-refractivity contribution is 7.12. The summed E-state index contributed by atoms with van der Waals surface area (Å²) in [5.41, 5.74) is 1.83. The van der Waals surface area contributed by atoms with E-state index in [0.717, 1.165) is 16.2 Å². The van der Waals surface area contributed by atoms with Crippen LogP contribution in [0.5, 0.6) is 0 Å². The highest BCUT2D eigenvalue weighted by atomic mass is 35.5. The van der Waals surface area contributed by atoms with E-state index in [0.29, 0.717) is 24.6 Å². The molecule has 3 rings (SSSR count). The molecule has 1 aromatic carbocycles. The molecular formula is C20H22ClN3O3S. The molecule has 2 heterocycles. The molecule has 0 N–H and O–H groups in total. The predicted octanol–water partition coefficient (Wildman–Crippen LogP) is 3.57. The number of hydrazone groups is 1. The lowest BCUT2D eigenvalue weighted by Gasteiger charge is -2.26. The summed E-state index contributed by atoms with van der Waals surface area (Å²) in [7, 11) is 1.56. The molecule has 0 fully saturated rings. The van der Waals surface area contributed by atoms with Crippen LogP contribution < -0.4 is 0 Å². The first kappa shape index (κ1) is 20.5. The Hall–Kier alpha value is -2.22. The number of carbonyl (C=O) groups excluding carboxylic acids is 2. The van der Waals surface area contributed by atoms with Gasteiger partial charge in [-0.2, -0.15) is 5.10 Å². The van der Waals surface area contributed by atoms with E-state index >= 15 is 0 Å². The molecule has 0 saturated heterocycles. The van der Waals surface area contributed by atoms with Crippen LogP contribution >= 0.6 is 22.9 Å². The Bertz CT molecular complexity index is 852. The van der Waals surface area contributed by atoms with E-state index in [1.807, 2.05) is 41.8 Å². The fraction of sp³-hybridized carbons (Fsp3) is 0.350. The van der Waals surface area contributed by atoms with Gasteiger partial charge in [0.2, 0.25) is 5.91 Å². The summed E-state index contributed by atoms with van der Waals surface area (Å²) in [6.45, 7) is 2.14. The number of hydrogen-bond donors (Lipinski definition) is 0. The third-order valence-electron chi connectivity index (χ3n) is 4.56. The Balaban J connectivity index is 1.85. The normalized spacial score (nSPS) is 16.2. The molecule has 1 aromatic heterocycles. The minimum atomic E-state index is -0.224. The Morgan fingerprint density at radius 3 is 2.68 bits per heavy atom. The van der Waals surface area contributed by atoms with E-state index in [-0.39, 0.29) is 24.4 Å². The van der Waals surface area contributed by atoms with Gasteiger partial charge in [0.1, 0.15) is 6.54 Å². The molecule has 1 aliphatic heterocycles. The van der Waals surface area contributed by atoms with Crippen LogP contribution in [0, 0.1) is 0 Å². The summed E-state index contributed by atoms with van der Waals surface area (Å²) in [6, 6.07) is 11.2. The zero-order chi connectivity index (χ0) is 20.1. The maximum atomic E-state index is 13.1. The number of rotatable bonds is 7. The Morgan fingerprint density at radius 2 is 2.07 bits per heavy atom. The number of methoxy groups -OCH3 is 1. The van der Waals surface area contributed by atoms with E-state index < -0.39 is 0 Å². The number of hydrogen-bond acceptors (Lipinski definition) is 5. The molecule has 8 heteroatoms. The van der Waals surface area contributed by atoms with Crippen molar-refractivity contribution in [2.24, 2.45) is 5.10 Å². The number of amides is 2. The van der Waals surface area contributed by atoms with E-state index in [1.165, 1.54) is 16.8 Å². The fourth-order valence-electron chi connectivity index (χ4n) is 3.06. The minimum absolute atomic E-state index is 0.0377. The molecule has 0 aliphatic carbocycles. The first-order valence-corrected chi connectivity index (χ1v) is 10.2. The standard InChI is InChI=1S/C20H22ClN3O3S/c1-14(25)23(9-10-27-2)13-20(26)24-18(15-5-7-16(21)8-6-15)12-17(22-24)19-4-3-11-28-19/h3-8,11,18H,9-10,12-13H2,1-2H3/t18-/m0/s1. The van der Waals surface area contributed by atoms with Crippen LogP contribution in [0.25, 0.3) is 0 Å². The summed E-state index contributed by atoms with van der Waals surface area (Å²) < 4.78 is 5.04. The molecule has 0 unspecified atom stereocenters. The summed E-state index contributed by atoms with van der Waals surface area (Å²) >= 11 is 7.61. The topological polar surface area (TPSA) is 62.2 Å². The maximum Gasteiger partial charge on any atom is 0.262 e. The van der Waals surface area contributed by atoms with Crippen LogP contribution in [-0.2, 0) is 14.3 Å². The molecule has 148 valence electrons. The van der Waals surface area contributed by atoms with Crippen molar-refractivity contribution < 1.29 is 14.3 Å². The van der Waals surface area contributed by atoms with Crippen molar-refractivity contribution in [1.82, 2.24) is 9.91 Å². The van der Waals surface area contributed by atoms with Crippen molar-refractivity contribution in [3.63, 3.8) is 0 Å². The van der Waals surface area contributed by atoms with Gasteiger partial charge in [-0.05, 0) is 29.1 Å². The fourth-order valence-corrected chi connectivity index (χ4v) is 3.91. The first-order chi connectivity index (χ1) is 13.5. The lowest BCUT2D eigenvalue weighted by Crippen LogP contribution is -2.41. The van der Waals surface area contributed by atoms with E-state index in [4.69, 9.17) is 16.3 Å². The number of halogens is 1. The monoisotopic (exact) mass is 419 g/mol. The molecule has 0 spiro atoms. The third kappa shape index (κ3) is 4.79. The lowest BCUT2D eigenvalue weighted by molar-refractivity contribution is -0.141. The van der Waals surface area contributed by atoms with Gasteiger partial charge in [-0.3, -0.25) is 9.59 Å². The number of thiophene rings is 1. The van der Waals surface area contributed by atoms with E-state index in [9.17, 15) is 9.59 Å². The SMILES string of the molecule is COCCN(CC(=O)N1N=C(c2cccs2)C[C@H]1c1ccc(Cl)cc1)C(C)=O. The van der Waals surface area contributed by atoms with Crippen LogP contribution in [0.3, 0.4) is 0 Å². The summed E-state index contributed by atoms with van der Waals surface area (Å²) in [6.07, 6.45) is 0.617. The number of ether oxygens (including phenoxy) is 1. The van der Waals surface area contributed by atoms with Crippen molar-refractivity contribution in [3.8, 4) is 0 Å². The minimum Gasteiger partial charge on any atom is -0.383 e. The highest BCUT2D eigenvalue weighted by Gasteiger charge is 2.34. The summed E-state index contributed by atoms with van der Waals surface area (Å²) in [5, 5.41) is 8.74. The average Bonchev–Trinajstić information content (AvgIpc) is 3.35. The second-order valence-electron chi connectivity index (χ2n) is 6.47. The van der Waals surface area contributed by atoms with Gasteiger partial charge in [0, 0.05) is 32.0 Å². The Kier molecular flexibility index (Phi) is 6.83. The molecule has 6 nitrogen and oxygen atoms in total. The molecule has 0 bridgehead atoms. The van der Waals surface area contributed by atoms with Gasteiger partial charge in [-0.15, -0.1) is 11.3 Å². The number of nitrogens with zero attached hydrogens (tertiary/aromatic N) is 3. The zero-order valence-corrected chi connectivity index (χ0v) is 17.4. The summed E-state index contributed by atoms with van der Waals surface area (Å²) in [5.74, 6) is -0.395. The van der Waals surface area contributed by atoms with Gasteiger partial charge in [0.05, 0.1) is 23.2 Å². The Labute approximate surface area is 173 Å². The quantitative estimate of drug-likeness (QED) is 0.689. The van der Waals surface area contributed by atoms with Gasteiger partial charge < -0.3 is 9.64 Å². The third-order valence-corrected chi connectivity index (χ3v) is 5.73. The van der Waals surface area contributed by atoms with Gasteiger partial charge in [0.15, 0.2) is 0 Å². The van der Waals surface area contributed by atoms with Gasteiger partial charge in [-0.1, -0.05) is 29.8 Å². The zero-order valence-electron chi connectivity index (χ0n) is 15.8. The van der Waals surface area contributed by atoms with Crippen LogP contribution in [0.15, 0.2) is 46.9 Å². The molecule has 2 amide bonds. The van der Waals surface area contributed by atoms with Crippen molar-refractivity contribution >= 4 is 40.5 Å². The molecule has 28 heavy (non-hydrogen) atoms. The Morgan fingerprint density at radius 1 is 1.32 bits per heavy atom. The van der Waals surface area contributed by atoms with E-state index in [2.05, 4.69) is 5.10 Å². The van der Waals surface area contributed by atoms with Crippen LogP contribution in [0.2, 0.25) is 5.02 Å². The molecular weight excluding hydrogens is 398 g/mol. The second-order valence-corrected chi connectivity index (χ2v) is 7.85. The van der Waals surface area contributed by atoms with Crippen molar-refractivity contribution in [2.75, 3.05) is 26.8 Å². The van der Waals surface area contributed by atoms with Crippen molar-refractivity contribution in [3.05, 3.63) is 57.2 Å². The molecule has 2 aromatic rings. The van der Waals surface area contributed by atoms with Crippen molar-refractivity contribution in [2.45, 2.75) is 19.4 Å². The number of carbonyl (C=O) groups is 2. The maximum absolute atomic E-state index is 13.1. The second kappa shape index (κ2) is 9.32. The predicted molar refractivity (Wildman–Crippen MR) is 111 cm³/mol. The smallest absolute Gasteiger partial charge is 0.262 e. The molecule has 1 aliphatic rings. The van der Waals surface area contributed by atoms with Gasteiger partial charge in [0.25, 0.3) is 5.91 Å². The molecule has 0 radical (unpaired) electrons. The van der Waals surface area contributed by atoms with E-state index in [1.54, 1.807) is 18.4 Å². The van der Waals surface area contributed by atoms with Crippen LogP contribution in [0.1, 0.15) is 29.8 Å². The van der Waals surface area contributed by atoms with Gasteiger partial charge in [-0.25, -0.2) is 5.01 Å². The number of benzene rings is 1.